The lowest BCUT2D eigenvalue weighted by Crippen LogP contribution is -2.21. The Morgan fingerprint density at radius 1 is 0.667 bits per heavy atom. The molecule has 0 spiro atoms. The smallest absolute Gasteiger partial charge is 0.149 e. The van der Waals surface area contributed by atoms with Gasteiger partial charge in [0.15, 0.2) is 0 Å². The first-order valence-corrected chi connectivity index (χ1v) is 15.1. The number of nitrogens with zero attached hydrogens (tertiary/aromatic N) is 4. The highest BCUT2D eigenvalue weighted by Gasteiger charge is 2.25. The average molecular weight is 559 g/mol. The topological polar surface area (TPSA) is 44.5 Å². The van der Waals surface area contributed by atoms with Gasteiger partial charge in [-0.3, -0.25) is 4.57 Å². The molecule has 0 radical (unpaired) electrons. The molecule has 0 aliphatic heterocycles. The third kappa shape index (κ3) is 5.52. The maximum atomic E-state index is 11.3. The van der Waals surface area contributed by atoms with Gasteiger partial charge in [-0.2, -0.15) is 0 Å². The Kier molecular flexibility index (Phi) is 8.67. The number of rotatable bonds is 10. The highest BCUT2D eigenvalue weighted by molar-refractivity contribution is 5.86. The van der Waals surface area contributed by atoms with Gasteiger partial charge in [0.25, 0.3) is 0 Å². The van der Waals surface area contributed by atoms with Crippen LogP contribution in [-0.2, 0) is 0 Å². The number of benzene rings is 4. The monoisotopic (exact) mass is 558 g/mol. The molecule has 216 valence electrons. The molecule has 0 atom stereocenters. The van der Waals surface area contributed by atoms with Crippen LogP contribution in [0.3, 0.4) is 0 Å². The highest BCUT2D eigenvalue weighted by Crippen LogP contribution is 2.42. The van der Waals surface area contributed by atoms with Crippen LogP contribution in [0.2, 0.25) is 0 Å². The summed E-state index contributed by atoms with van der Waals surface area (Å²) >= 11 is 0. The molecule has 0 aliphatic rings. The van der Waals surface area contributed by atoms with Crippen molar-refractivity contribution in [3.63, 3.8) is 0 Å². The summed E-state index contributed by atoms with van der Waals surface area (Å²) < 4.78 is 2.20. The summed E-state index contributed by atoms with van der Waals surface area (Å²) in [6.45, 7) is 16.6. The lowest BCUT2D eigenvalue weighted by atomic mass is 10.0. The van der Waals surface area contributed by atoms with E-state index >= 15 is 0 Å². The van der Waals surface area contributed by atoms with Crippen LogP contribution in [-0.4, -0.2) is 40.8 Å². The predicted molar refractivity (Wildman–Crippen MR) is 178 cm³/mol. The zero-order valence-electron chi connectivity index (χ0n) is 25.7. The van der Waals surface area contributed by atoms with Crippen LogP contribution in [0, 0.1) is 13.8 Å². The summed E-state index contributed by atoms with van der Waals surface area (Å²) in [5.41, 5.74) is 10.0. The minimum atomic E-state index is 0.259. The Labute approximate surface area is 250 Å². The van der Waals surface area contributed by atoms with E-state index in [9.17, 15) is 5.11 Å². The molecule has 0 amide bonds. The third-order valence-corrected chi connectivity index (χ3v) is 8.12. The van der Waals surface area contributed by atoms with E-state index in [2.05, 4.69) is 110 Å². The van der Waals surface area contributed by atoms with Crippen molar-refractivity contribution in [1.29, 1.82) is 0 Å². The first kappa shape index (κ1) is 29.0. The minimum absolute atomic E-state index is 0.259. The first-order chi connectivity index (χ1) is 20.4. The van der Waals surface area contributed by atoms with Gasteiger partial charge >= 0.3 is 0 Å². The van der Waals surface area contributed by atoms with Crippen molar-refractivity contribution >= 4 is 11.4 Å². The first-order valence-electron chi connectivity index (χ1n) is 15.1. The molecule has 0 fully saturated rings. The van der Waals surface area contributed by atoms with Crippen molar-refractivity contribution in [2.45, 2.75) is 41.5 Å². The highest BCUT2D eigenvalue weighted by atomic mass is 16.3. The SMILES string of the molecule is CCN(CC)c1ccc(-c2nc(-c3cc(C)cc(C)c3O)n(-c3ccccc3)c2-c2ccc(N(CC)CC)cc2)cc1. The number of phenolic OH excluding ortho intramolecular Hbond substituents is 1. The van der Waals surface area contributed by atoms with Gasteiger partial charge in [-0.05, 0) is 95.1 Å². The summed E-state index contributed by atoms with van der Waals surface area (Å²) in [6.07, 6.45) is 0. The molecule has 4 aromatic carbocycles. The largest absolute Gasteiger partial charge is 0.507 e. The molecule has 0 saturated heterocycles. The van der Waals surface area contributed by atoms with E-state index in [0.717, 1.165) is 76.9 Å². The van der Waals surface area contributed by atoms with E-state index in [4.69, 9.17) is 4.98 Å². The quantitative estimate of drug-likeness (QED) is 0.186. The molecule has 5 rings (SSSR count). The van der Waals surface area contributed by atoms with Crippen molar-refractivity contribution in [1.82, 2.24) is 9.55 Å². The Morgan fingerprint density at radius 3 is 1.71 bits per heavy atom. The van der Waals surface area contributed by atoms with Crippen molar-refractivity contribution in [3.05, 3.63) is 102 Å². The fraction of sp³-hybridized carbons (Fsp3) is 0.270. The molecule has 5 heteroatoms. The molecule has 1 N–H and O–H groups in total. The second-order valence-electron chi connectivity index (χ2n) is 10.7. The number of para-hydroxylation sites is 1. The molecular weight excluding hydrogens is 516 g/mol. The van der Waals surface area contributed by atoms with Crippen molar-refractivity contribution < 1.29 is 5.11 Å². The van der Waals surface area contributed by atoms with E-state index in [0.29, 0.717) is 0 Å². The Hall–Kier alpha value is -4.51. The maximum Gasteiger partial charge on any atom is 0.149 e. The number of aromatic hydroxyl groups is 1. The number of hydrogen-bond donors (Lipinski definition) is 1. The molecule has 0 saturated carbocycles. The number of phenols is 1. The van der Waals surface area contributed by atoms with Crippen LogP contribution in [0.4, 0.5) is 11.4 Å². The van der Waals surface area contributed by atoms with Gasteiger partial charge in [-0.15, -0.1) is 0 Å². The average Bonchev–Trinajstić information content (AvgIpc) is 3.42. The summed E-state index contributed by atoms with van der Waals surface area (Å²) in [5.74, 6) is 0.978. The van der Waals surface area contributed by atoms with Gasteiger partial charge < -0.3 is 14.9 Å². The van der Waals surface area contributed by atoms with Crippen LogP contribution >= 0.6 is 0 Å². The molecule has 1 aromatic heterocycles. The summed E-state index contributed by atoms with van der Waals surface area (Å²) in [6, 6.07) is 31.9. The van der Waals surface area contributed by atoms with E-state index in [-0.39, 0.29) is 5.75 Å². The predicted octanol–water partition coefficient (Wildman–Crippen LogP) is 8.89. The van der Waals surface area contributed by atoms with Crippen LogP contribution in [0.1, 0.15) is 38.8 Å². The van der Waals surface area contributed by atoms with Gasteiger partial charge in [-0.1, -0.05) is 48.5 Å². The zero-order chi connectivity index (χ0) is 29.8. The Bertz CT molecular complexity index is 1630. The lowest BCUT2D eigenvalue weighted by Gasteiger charge is -2.22. The lowest BCUT2D eigenvalue weighted by molar-refractivity contribution is 0.472. The fourth-order valence-corrected chi connectivity index (χ4v) is 5.87. The maximum absolute atomic E-state index is 11.3. The molecule has 1 heterocycles. The molecule has 5 aromatic rings. The van der Waals surface area contributed by atoms with E-state index < -0.39 is 0 Å². The second-order valence-corrected chi connectivity index (χ2v) is 10.7. The zero-order valence-corrected chi connectivity index (χ0v) is 25.7. The van der Waals surface area contributed by atoms with Crippen LogP contribution in [0.5, 0.6) is 5.75 Å². The van der Waals surface area contributed by atoms with Crippen molar-refractivity contribution in [3.8, 4) is 45.3 Å². The second kappa shape index (κ2) is 12.6. The number of aryl methyl sites for hydroxylation is 2. The van der Waals surface area contributed by atoms with Gasteiger partial charge in [0.1, 0.15) is 11.6 Å². The normalized spacial score (nSPS) is 11.1. The summed E-state index contributed by atoms with van der Waals surface area (Å²) in [4.78, 5) is 10.0. The summed E-state index contributed by atoms with van der Waals surface area (Å²) in [5, 5.41) is 11.3. The number of anilines is 2. The van der Waals surface area contributed by atoms with Gasteiger partial charge in [-0.25, -0.2) is 4.98 Å². The standard InChI is InChI=1S/C37H42N4O/c1-7-39(8-2)30-20-16-28(17-21-30)34-35(29-18-22-31(23-19-29)40(9-3)10-4)41(32-14-12-11-13-15-32)37(38-34)33-25-26(5)24-27(6)36(33)42/h11-25,42H,7-10H2,1-6H3. The van der Waals surface area contributed by atoms with E-state index in [1.54, 1.807) is 0 Å². The molecule has 0 aliphatic carbocycles. The number of aromatic nitrogens is 2. The molecule has 42 heavy (non-hydrogen) atoms. The summed E-state index contributed by atoms with van der Waals surface area (Å²) in [7, 11) is 0. The Balaban J connectivity index is 1.81. The van der Waals surface area contributed by atoms with Crippen LogP contribution in [0.15, 0.2) is 91.0 Å². The number of hydrogen-bond acceptors (Lipinski definition) is 4. The van der Waals surface area contributed by atoms with Crippen LogP contribution < -0.4 is 9.80 Å². The molecular formula is C37H42N4O. The van der Waals surface area contributed by atoms with E-state index in [1.165, 1.54) is 11.4 Å². The molecule has 0 bridgehead atoms. The third-order valence-electron chi connectivity index (χ3n) is 8.12. The van der Waals surface area contributed by atoms with Crippen molar-refractivity contribution in [2.24, 2.45) is 0 Å². The minimum Gasteiger partial charge on any atom is -0.507 e. The molecule has 5 nitrogen and oxygen atoms in total. The molecule has 0 unspecified atom stereocenters. The van der Waals surface area contributed by atoms with Gasteiger partial charge in [0.05, 0.1) is 17.0 Å². The van der Waals surface area contributed by atoms with E-state index in [1.807, 2.05) is 37.3 Å². The fourth-order valence-electron chi connectivity index (χ4n) is 5.87. The number of imidazole rings is 1. The van der Waals surface area contributed by atoms with Crippen LogP contribution in [0.25, 0.3) is 39.6 Å². The van der Waals surface area contributed by atoms with Gasteiger partial charge in [0.2, 0.25) is 0 Å². The van der Waals surface area contributed by atoms with Gasteiger partial charge in [0, 0.05) is 54.4 Å². The Morgan fingerprint density at radius 2 is 1.19 bits per heavy atom. The van der Waals surface area contributed by atoms with Crippen molar-refractivity contribution in [2.75, 3.05) is 36.0 Å².